The van der Waals surface area contributed by atoms with E-state index in [1.54, 1.807) is 14.0 Å². The number of nitrogens with one attached hydrogen (secondary N) is 1. The Hall–Kier alpha value is -1.82. The van der Waals surface area contributed by atoms with Crippen molar-refractivity contribution in [3.8, 4) is 0 Å². The van der Waals surface area contributed by atoms with E-state index in [9.17, 15) is 9.59 Å². The number of halogens is 1. The van der Waals surface area contributed by atoms with Crippen molar-refractivity contribution in [3.63, 3.8) is 0 Å². The summed E-state index contributed by atoms with van der Waals surface area (Å²) in [6.07, 6.45) is 4.66. The predicted molar refractivity (Wildman–Crippen MR) is 80.9 cm³/mol. The maximum Gasteiger partial charge on any atom is 0.331 e. The second-order valence-corrected chi connectivity index (χ2v) is 4.92. The molecule has 0 saturated carbocycles. The highest BCUT2D eigenvalue weighted by molar-refractivity contribution is 6.31. The van der Waals surface area contributed by atoms with Crippen molar-refractivity contribution in [1.29, 1.82) is 0 Å². The van der Waals surface area contributed by atoms with E-state index in [1.165, 1.54) is 16.8 Å². The molecule has 1 aromatic rings. The van der Waals surface area contributed by atoms with Gasteiger partial charge in [-0.2, -0.15) is 5.10 Å². The van der Waals surface area contributed by atoms with Crippen LogP contribution in [0.4, 0.5) is 0 Å². The monoisotopic (exact) mass is 313 g/mol. The first-order chi connectivity index (χ1) is 9.95. The minimum absolute atomic E-state index is 0.285. The van der Waals surface area contributed by atoms with Gasteiger partial charge in [-0.1, -0.05) is 24.9 Å². The van der Waals surface area contributed by atoms with Crippen LogP contribution in [0, 0.1) is 6.92 Å². The fraction of sp³-hybridized carbons (Fsp3) is 0.500. The molecular weight excluding hydrogens is 294 g/mol. The Morgan fingerprint density at radius 1 is 1.48 bits per heavy atom. The Morgan fingerprint density at radius 3 is 2.76 bits per heavy atom. The summed E-state index contributed by atoms with van der Waals surface area (Å²) in [7, 11) is 1.71. The average molecular weight is 314 g/mol. The van der Waals surface area contributed by atoms with Crippen LogP contribution in [0.3, 0.4) is 0 Å². The zero-order valence-electron chi connectivity index (χ0n) is 12.5. The van der Waals surface area contributed by atoms with Gasteiger partial charge in [0.2, 0.25) is 0 Å². The number of amides is 1. The zero-order chi connectivity index (χ0) is 15.8. The van der Waals surface area contributed by atoms with E-state index in [4.69, 9.17) is 16.3 Å². The molecule has 7 heteroatoms. The van der Waals surface area contributed by atoms with Gasteiger partial charge in [0.25, 0.3) is 5.91 Å². The Bertz CT molecular complexity index is 538. The summed E-state index contributed by atoms with van der Waals surface area (Å²) in [4.78, 5) is 22.9. The third-order valence-electron chi connectivity index (χ3n) is 2.78. The Balaban J connectivity index is 2.43. The summed E-state index contributed by atoms with van der Waals surface area (Å²) >= 11 is 6.03. The molecule has 1 heterocycles. The number of esters is 1. The lowest BCUT2D eigenvalue weighted by atomic mass is 10.2. The van der Waals surface area contributed by atoms with Crippen molar-refractivity contribution in [2.75, 3.05) is 13.2 Å². The summed E-state index contributed by atoms with van der Waals surface area (Å²) in [5, 5.41) is 7.22. The lowest BCUT2D eigenvalue weighted by Gasteiger charge is -2.04. The molecule has 0 bridgehead atoms. The molecule has 0 aliphatic carbocycles. The lowest BCUT2D eigenvalue weighted by molar-refractivity contribution is -0.143. The van der Waals surface area contributed by atoms with Crippen molar-refractivity contribution in [2.24, 2.45) is 7.05 Å². The summed E-state index contributed by atoms with van der Waals surface area (Å²) in [6, 6.07) is 0. The Morgan fingerprint density at radius 2 is 2.19 bits per heavy atom. The molecule has 0 aliphatic heterocycles. The van der Waals surface area contributed by atoms with Gasteiger partial charge in [0.05, 0.1) is 5.69 Å². The van der Waals surface area contributed by atoms with E-state index in [0.717, 1.165) is 12.8 Å². The quantitative estimate of drug-likeness (QED) is 0.474. The molecule has 21 heavy (non-hydrogen) atoms. The van der Waals surface area contributed by atoms with Crippen molar-refractivity contribution in [3.05, 3.63) is 22.5 Å². The van der Waals surface area contributed by atoms with E-state index in [0.29, 0.717) is 23.0 Å². The van der Waals surface area contributed by atoms with Crippen molar-refractivity contribution in [2.45, 2.75) is 26.7 Å². The molecule has 1 N–H and O–H groups in total. The number of carbonyl (C=O) groups excluding carboxylic acids is 2. The third kappa shape index (κ3) is 5.59. The van der Waals surface area contributed by atoms with Gasteiger partial charge in [-0.05, 0) is 19.4 Å². The van der Waals surface area contributed by atoms with Gasteiger partial charge < -0.3 is 10.1 Å². The van der Waals surface area contributed by atoms with Gasteiger partial charge in [-0.3, -0.25) is 9.48 Å². The first-order valence-corrected chi connectivity index (χ1v) is 7.14. The molecule has 0 saturated heterocycles. The van der Waals surface area contributed by atoms with Crippen LogP contribution in [0.1, 0.15) is 31.0 Å². The highest BCUT2D eigenvalue weighted by Gasteiger charge is 2.09. The second kappa shape index (κ2) is 8.46. The summed E-state index contributed by atoms with van der Waals surface area (Å²) in [6.45, 7) is 4.13. The number of carbonyl (C=O) groups is 2. The van der Waals surface area contributed by atoms with Gasteiger partial charge in [-0.15, -0.1) is 0 Å². The second-order valence-electron chi connectivity index (χ2n) is 4.56. The number of aryl methyl sites for hydroxylation is 2. The number of unbranched alkanes of at least 4 members (excludes halogenated alkanes) is 1. The minimum atomic E-state index is -0.597. The third-order valence-corrected chi connectivity index (χ3v) is 3.23. The summed E-state index contributed by atoms with van der Waals surface area (Å²) in [5.41, 5.74) is 1.37. The Labute approximate surface area is 129 Å². The van der Waals surface area contributed by atoms with Gasteiger partial charge in [0.15, 0.2) is 6.61 Å². The highest BCUT2D eigenvalue weighted by atomic mass is 35.5. The lowest BCUT2D eigenvalue weighted by Crippen LogP contribution is -2.29. The number of aromatic nitrogens is 2. The summed E-state index contributed by atoms with van der Waals surface area (Å²) < 4.78 is 6.35. The number of hydrogen-bond donors (Lipinski definition) is 1. The fourth-order valence-corrected chi connectivity index (χ4v) is 1.87. The molecule has 0 aromatic carbocycles. The van der Waals surface area contributed by atoms with Crippen LogP contribution >= 0.6 is 11.6 Å². The normalized spacial score (nSPS) is 10.9. The maximum atomic E-state index is 11.5. The molecule has 0 spiro atoms. The molecule has 0 aliphatic rings. The number of rotatable bonds is 7. The van der Waals surface area contributed by atoms with Gasteiger partial charge in [0, 0.05) is 25.2 Å². The van der Waals surface area contributed by atoms with Crippen LogP contribution in [-0.2, 0) is 21.4 Å². The highest BCUT2D eigenvalue weighted by Crippen LogP contribution is 2.19. The number of hydrogen-bond acceptors (Lipinski definition) is 4. The van der Waals surface area contributed by atoms with Crippen molar-refractivity contribution < 1.29 is 14.3 Å². The van der Waals surface area contributed by atoms with Crippen LogP contribution in [0.15, 0.2) is 6.08 Å². The van der Waals surface area contributed by atoms with E-state index in [2.05, 4.69) is 10.4 Å². The van der Waals surface area contributed by atoms with Crippen LogP contribution in [0.25, 0.3) is 6.08 Å². The molecular formula is C14H20ClN3O3. The molecule has 116 valence electrons. The number of ether oxygens (including phenoxy) is 1. The largest absolute Gasteiger partial charge is 0.452 e. The van der Waals surface area contributed by atoms with Crippen LogP contribution in [0.2, 0.25) is 5.15 Å². The molecule has 0 atom stereocenters. The van der Waals surface area contributed by atoms with E-state index >= 15 is 0 Å². The first-order valence-electron chi connectivity index (χ1n) is 6.76. The van der Waals surface area contributed by atoms with E-state index in [1.807, 2.05) is 6.92 Å². The van der Waals surface area contributed by atoms with Gasteiger partial charge in [0.1, 0.15) is 5.15 Å². The predicted octanol–water partition coefficient (Wildman–Crippen LogP) is 1.85. The van der Waals surface area contributed by atoms with E-state index < -0.39 is 5.97 Å². The van der Waals surface area contributed by atoms with Gasteiger partial charge in [-0.25, -0.2) is 4.79 Å². The first kappa shape index (κ1) is 17.2. The SMILES string of the molecule is CCCCNC(=O)COC(=O)/C=C/c1c(C)nn(C)c1Cl. The van der Waals surface area contributed by atoms with Crippen LogP contribution < -0.4 is 5.32 Å². The molecule has 0 radical (unpaired) electrons. The maximum absolute atomic E-state index is 11.5. The standard InChI is InChI=1S/C14H20ClN3O3/c1-4-5-8-16-12(19)9-21-13(20)7-6-11-10(2)17-18(3)14(11)15/h6-7H,4-5,8-9H2,1-3H3,(H,16,19)/b7-6+. The molecule has 6 nitrogen and oxygen atoms in total. The summed E-state index contributed by atoms with van der Waals surface area (Å²) in [5.74, 6) is -0.902. The fourth-order valence-electron chi connectivity index (χ4n) is 1.63. The topological polar surface area (TPSA) is 73.2 Å². The van der Waals surface area contributed by atoms with E-state index in [-0.39, 0.29) is 12.5 Å². The van der Waals surface area contributed by atoms with Gasteiger partial charge >= 0.3 is 5.97 Å². The Kier molecular flexibility index (Phi) is 6.94. The molecule has 0 unspecified atom stereocenters. The van der Waals surface area contributed by atoms with Crippen LogP contribution in [0.5, 0.6) is 0 Å². The average Bonchev–Trinajstić information content (AvgIpc) is 2.68. The zero-order valence-corrected chi connectivity index (χ0v) is 13.2. The molecule has 1 rings (SSSR count). The molecule has 1 amide bonds. The van der Waals surface area contributed by atoms with Crippen molar-refractivity contribution in [1.82, 2.24) is 15.1 Å². The smallest absolute Gasteiger partial charge is 0.331 e. The van der Waals surface area contributed by atoms with Crippen molar-refractivity contribution >= 4 is 29.6 Å². The number of nitrogens with zero attached hydrogens (tertiary/aromatic N) is 2. The minimum Gasteiger partial charge on any atom is -0.452 e. The molecule has 1 aromatic heterocycles. The van der Waals surface area contributed by atoms with Crippen LogP contribution in [-0.4, -0.2) is 34.8 Å². The molecule has 0 fully saturated rings.